The summed E-state index contributed by atoms with van der Waals surface area (Å²) in [7, 11) is 0. The second-order valence-electron chi connectivity index (χ2n) is 4.00. The van der Waals surface area contributed by atoms with Gasteiger partial charge in [0.15, 0.2) is 5.60 Å². The van der Waals surface area contributed by atoms with Gasteiger partial charge < -0.3 is 10.5 Å². The molecule has 1 heterocycles. The molecule has 2 rings (SSSR count). The molecule has 1 aromatic rings. The van der Waals surface area contributed by atoms with E-state index in [2.05, 4.69) is 9.97 Å². The van der Waals surface area contributed by atoms with Gasteiger partial charge in [-0.1, -0.05) is 0 Å². The molecule has 0 saturated heterocycles. The zero-order valence-corrected chi connectivity index (χ0v) is 9.22. The molecule has 17 heavy (non-hydrogen) atoms. The van der Waals surface area contributed by atoms with Gasteiger partial charge >= 0.3 is 6.09 Å². The highest BCUT2D eigenvalue weighted by molar-refractivity contribution is 5.65. The monoisotopic (exact) mass is 232 g/mol. The highest BCUT2D eigenvalue weighted by atomic mass is 16.6. The molecule has 2 N–H and O–H groups in total. The Morgan fingerprint density at radius 3 is 2.82 bits per heavy atom. The second-order valence-corrected chi connectivity index (χ2v) is 4.00. The fourth-order valence-corrected chi connectivity index (χ4v) is 2.22. The SMILES string of the molecule is N#Cc1nccc(C2(OC(N)=O)CCCC2)n1. The van der Waals surface area contributed by atoms with Crippen molar-refractivity contribution < 1.29 is 9.53 Å². The summed E-state index contributed by atoms with van der Waals surface area (Å²) in [4.78, 5) is 18.9. The number of primary amides is 1. The zero-order chi connectivity index (χ0) is 12.3. The third-order valence-electron chi connectivity index (χ3n) is 2.93. The summed E-state index contributed by atoms with van der Waals surface area (Å²) >= 11 is 0. The fourth-order valence-electron chi connectivity index (χ4n) is 2.22. The van der Waals surface area contributed by atoms with E-state index in [0.29, 0.717) is 18.5 Å². The van der Waals surface area contributed by atoms with E-state index in [-0.39, 0.29) is 5.82 Å². The van der Waals surface area contributed by atoms with Gasteiger partial charge in [0, 0.05) is 6.20 Å². The minimum atomic E-state index is -0.816. The maximum absolute atomic E-state index is 11.0. The van der Waals surface area contributed by atoms with Crippen LogP contribution < -0.4 is 5.73 Å². The Labute approximate surface area is 98.4 Å². The normalized spacial score (nSPS) is 17.4. The number of rotatable bonds is 2. The molecule has 1 aliphatic carbocycles. The molecule has 1 aliphatic rings. The Balaban J connectivity index is 2.38. The molecule has 0 atom stereocenters. The van der Waals surface area contributed by atoms with Gasteiger partial charge in [-0.2, -0.15) is 5.26 Å². The Kier molecular flexibility index (Phi) is 2.91. The van der Waals surface area contributed by atoms with Crippen molar-refractivity contribution in [2.45, 2.75) is 31.3 Å². The van der Waals surface area contributed by atoms with Gasteiger partial charge in [0.1, 0.15) is 6.07 Å². The number of nitrogens with zero attached hydrogens (tertiary/aromatic N) is 3. The maximum Gasteiger partial charge on any atom is 0.405 e. The van der Waals surface area contributed by atoms with Gasteiger partial charge in [0.05, 0.1) is 5.69 Å². The minimum absolute atomic E-state index is 0.0712. The van der Waals surface area contributed by atoms with Gasteiger partial charge in [-0.05, 0) is 31.7 Å². The first-order valence-corrected chi connectivity index (χ1v) is 5.38. The van der Waals surface area contributed by atoms with Crippen LogP contribution in [-0.2, 0) is 10.3 Å². The standard InChI is InChI=1S/C11H12N4O2/c12-7-9-14-6-3-8(15-9)11(17-10(13)16)4-1-2-5-11/h3,6H,1-2,4-5H2,(H2,13,16). The molecule has 6 heteroatoms. The summed E-state index contributed by atoms with van der Waals surface area (Å²) in [6.07, 6.45) is 3.92. The van der Waals surface area contributed by atoms with Crippen molar-refractivity contribution in [3.05, 3.63) is 23.8 Å². The van der Waals surface area contributed by atoms with E-state index in [1.165, 1.54) is 6.20 Å². The molecule has 0 aromatic carbocycles. The number of carbonyl (C=O) groups excluding carboxylic acids is 1. The molecule has 88 valence electrons. The first-order valence-electron chi connectivity index (χ1n) is 5.38. The number of nitrogens with two attached hydrogens (primary N) is 1. The van der Waals surface area contributed by atoms with Crippen molar-refractivity contribution >= 4 is 6.09 Å². The minimum Gasteiger partial charge on any atom is -0.437 e. The Bertz CT molecular complexity index is 475. The van der Waals surface area contributed by atoms with E-state index in [1.54, 1.807) is 6.07 Å². The summed E-state index contributed by atoms with van der Waals surface area (Å²) in [5, 5.41) is 8.76. The summed E-state index contributed by atoms with van der Waals surface area (Å²) < 4.78 is 5.22. The lowest BCUT2D eigenvalue weighted by atomic mass is 9.97. The second kappa shape index (κ2) is 4.37. The van der Waals surface area contributed by atoms with Crippen LogP contribution in [0.5, 0.6) is 0 Å². The molecular formula is C11H12N4O2. The Morgan fingerprint density at radius 1 is 1.53 bits per heavy atom. The van der Waals surface area contributed by atoms with Crippen molar-refractivity contribution in [3.8, 4) is 6.07 Å². The summed E-state index contributed by atoms with van der Waals surface area (Å²) in [6.45, 7) is 0. The average Bonchev–Trinajstić information content (AvgIpc) is 2.78. The molecule has 1 amide bonds. The lowest BCUT2D eigenvalue weighted by Gasteiger charge is -2.27. The Morgan fingerprint density at radius 2 is 2.24 bits per heavy atom. The molecule has 1 aromatic heterocycles. The molecular weight excluding hydrogens is 220 g/mol. The number of amides is 1. The summed E-state index contributed by atoms with van der Waals surface area (Å²) in [5.74, 6) is 0.0712. The predicted octanol–water partition coefficient (Wildman–Crippen LogP) is 1.21. The topological polar surface area (TPSA) is 102 Å². The van der Waals surface area contributed by atoms with Crippen LogP contribution >= 0.6 is 0 Å². The lowest BCUT2D eigenvalue weighted by Crippen LogP contribution is -2.33. The molecule has 0 unspecified atom stereocenters. The summed E-state index contributed by atoms with van der Waals surface area (Å²) in [6, 6.07) is 3.53. The zero-order valence-electron chi connectivity index (χ0n) is 9.22. The number of aromatic nitrogens is 2. The quantitative estimate of drug-likeness (QED) is 0.825. The molecule has 6 nitrogen and oxygen atoms in total. The van der Waals surface area contributed by atoms with E-state index >= 15 is 0 Å². The first kappa shape index (κ1) is 11.3. The van der Waals surface area contributed by atoms with Crippen LogP contribution in [0.3, 0.4) is 0 Å². The van der Waals surface area contributed by atoms with E-state index in [9.17, 15) is 4.79 Å². The third-order valence-corrected chi connectivity index (χ3v) is 2.93. The van der Waals surface area contributed by atoms with Crippen LogP contribution in [0.2, 0.25) is 0 Å². The maximum atomic E-state index is 11.0. The van der Waals surface area contributed by atoms with Crippen molar-refractivity contribution in [1.29, 1.82) is 5.26 Å². The van der Waals surface area contributed by atoms with Crippen molar-refractivity contribution in [2.24, 2.45) is 5.73 Å². The van der Waals surface area contributed by atoms with Crippen LogP contribution in [0.4, 0.5) is 4.79 Å². The van der Waals surface area contributed by atoms with Crippen LogP contribution in [0.25, 0.3) is 0 Å². The number of hydrogen-bond acceptors (Lipinski definition) is 5. The highest BCUT2D eigenvalue weighted by Gasteiger charge is 2.40. The highest BCUT2D eigenvalue weighted by Crippen LogP contribution is 2.41. The molecule has 1 saturated carbocycles. The molecule has 0 spiro atoms. The van der Waals surface area contributed by atoms with Gasteiger partial charge in [-0.15, -0.1) is 0 Å². The number of ether oxygens (including phenoxy) is 1. The van der Waals surface area contributed by atoms with E-state index in [1.807, 2.05) is 6.07 Å². The van der Waals surface area contributed by atoms with E-state index < -0.39 is 11.7 Å². The first-order chi connectivity index (χ1) is 8.16. The fraction of sp³-hybridized carbons (Fsp3) is 0.455. The van der Waals surface area contributed by atoms with Crippen LogP contribution in [0, 0.1) is 11.3 Å². The number of nitriles is 1. The van der Waals surface area contributed by atoms with Gasteiger partial charge in [-0.25, -0.2) is 14.8 Å². The summed E-state index contributed by atoms with van der Waals surface area (Å²) in [5.41, 5.74) is 4.87. The third kappa shape index (κ3) is 2.18. The van der Waals surface area contributed by atoms with Crippen LogP contribution in [-0.4, -0.2) is 16.1 Å². The number of hydrogen-bond donors (Lipinski definition) is 1. The van der Waals surface area contributed by atoms with E-state index in [4.69, 9.17) is 15.7 Å². The van der Waals surface area contributed by atoms with Crippen LogP contribution in [0.15, 0.2) is 12.3 Å². The van der Waals surface area contributed by atoms with Gasteiger partial charge in [0.25, 0.3) is 0 Å². The largest absolute Gasteiger partial charge is 0.437 e. The smallest absolute Gasteiger partial charge is 0.405 e. The van der Waals surface area contributed by atoms with Crippen molar-refractivity contribution in [2.75, 3.05) is 0 Å². The predicted molar refractivity (Wildman–Crippen MR) is 57.6 cm³/mol. The lowest BCUT2D eigenvalue weighted by molar-refractivity contribution is 0.0148. The van der Waals surface area contributed by atoms with Crippen molar-refractivity contribution in [1.82, 2.24) is 9.97 Å². The number of carbonyl (C=O) groups is 1. The van der Waals surface area contributed by atoms with Gasteiger partial charge in [-0.3, -0.25) is 0 Å². The molecule has 0 bridgehead atoms. The average molecular weight is 232 g/mol. The van der Waals surface area contributed by atoms with E-state index in [0.717, 1.165) is 12.8 Å². The molecule has 1 fully saturated rings. The van der Waals surface area contributed by atoms with Crippen molar-refractivity contribution in [3.63, 3.8) is 0 Å². The van der Waals surface area contributed by atoms with Gasteiger partial charge in [0.2, 0.25) is 5.82 Å². The Hall–Kier alpha value is -2.16. The molecule has 0 aliphatic heterocycles. The van der Waals surface area contributed by atoms with Crippen LogP contribution in [0.1, 0.15) is 37.2 Å². The molecule has 0 radical (unpaired) electrons.